The van der Waals surface area contributed by atoms with E-state index < -0.39 is 42.7 Å². The molecule has 3 N–H and O–H groups in total. The van der Waals surface area contributed by atoms with Crippen LogP contribution in [0.3, 0.4) is 0 Å². The van der Waals surface area contributed by atoms with Crippen molar-refractivity contribution in [3.05, 3.63) is 40.8 Å². The van der Waals surface area contributed by atoms with Gasteiger partial charge in [-0.25, -0.2) is 0 Å². The number of nitrogens with one attached hydrogen (secondary N) is 1. The highest BCUT2D eigenvalue weighted by Crippen LogP contribution is 2.32. The van der Waals surface area contributed by atoms with Crippen LogP contribution in [0.4, 0.5) is 0 Å². The smallest absolute Gasteiger partial charge is 0.266 e. The standard InChI is InChI=1S/C16H15N3O5S2/c17-12(20)7-10(15(23)24)18-13(21)8-19-14(22)11(26-16(19)25)6-9-4-2-1-3-5-9/h1-6,10H,7-8H2,(H2,17,20)(H,18,21)(H,23,24)/p-1/b11-6-/t10-/m0/s1. The van der Waals surface area contributed by atoms with E-state index in [1.165, 1.54) is 0 Å². The van der Waals surface area contributed by atoms with Crippen molar-refractivity contribution in [2.45, 2.75) is 12.5 Å². The van der Waals surface area contributed by atoms with Gasteiger partial charge in [0.15, 0.2) is 0 Å². The van der Waals surface area contributed by atoms with Crippen molar-refractivity contribution in [1.29, 1.82) is 0 Å². The molecule has 1 aromatic rings. The minimum Gasteiger partial charge on any atom is -0.548 e. The van der Waals surface area contributed by atoms with Crippen molar-refractivity contribution in [3.63, 3.8) is 0 Å². The van der Waals surface area contributed by atoms with Crippen molar-refractivity contribution in [2.24, 2.45) is 5.73 Å². The van der Waals surface area contributed by atoms with Crippen LogP contribution in [0.15, 0.2) is 35.2 Å². The molecule has 1 aliphatic heterocycles. The highest BCUT2D eigenvalue weighted by atomic mass is 32.2. The van der Waals surface area contributed by atoms with Gasteiger partial charge in [0.25, 0.3) is 5.91 Å². The van der Waals surface area contributed by atoms with Crippen LogP contribution in [0.25, 0.3) is 6.08 Å². The highest BCUT2D eigenvalue weighted by Gasteiger charge is 2.33. The molecule has 26 heavy (non-hydrogen) atoms. The zero-order chi connectivity index (χ0) is 19.3. The van der Waals surface area contributed by atoms with E-state index in [0.29, 0.717) is 4.91 Å². The van der Waals surface area contributed by atoms with Crippen LogP contribution in [-0.2, 0) is 19.2 Å². The third-order valence-corrected chi connectivity index (χ3v) is 4.68. The van der Waals surface area contributed by atoms with Gasteiger partial charge in [-0.2, -0.15) is 0 Å². The van der Waals surface area contributed by atoms with Gasteiger partial charge in [0.2, 0.25) is 11.8 Å². The van der Waals surface area contributed by atoms with Gasteiger partial charge in [0.05, 0.1) is 23.3 Å². The Morgan fingerprint density at radius 2 is 1.96 bits per heavy atom. The minimum atomic E-state index is -1.65. The molecule has 10 heteroatoms. The Labute approximate surface area is 158 Å². The maximum atomic E-state index is 12.4. The lowest BCUT2D eigenvalue weighted by Gasteiger charge is -2.20. The molecule has 2 rings (SSSR count). The number of hydrogen-bond acceptors (Lipinski definition) is 7. The first-order chi connectivity index (χ1) is 12.3. The molecule has 1 saturated heterocycles. The number of thioether (sulfide) groups is 1. The topological polar surface area (TPSA) is 133 Å². The molecule has 1 heterocycles. The number of benzene rings is 1. The number of carboxylic acid groups (broad SMARTS) is 1. The monoisotopic (exact) mass is 392 g/mol. The van der Waals surface area contributed by atoms with Crippen LogP contribution in [-0.4, -0.2) is 45.5 Å². The minimum absolute atomic E-state index is 0.173. The number of carbonyl (C=O) groups is 4. The maximum absolute atomic E-state index is 12.4. The second-order valence-electron chi connectivity index (χ2n) is 5.29. The number of primary amides is 1. The number of thiocarbonyl (C=S) groups is 1. The molecular weight excluding hydrogens is 378 g/mol. The predicted octanol–water partition coefficient (Wildman–Crippen LogP) is -1.00. The summed E-state index contributed by atoms with van der Waals surface area (Å²) in [6.45, 7) is -0.473. The predicted molar refractivity (Wildman–Crippen MR) is 97.1 cm³/mol. The van der Waals surface area contributed by atoms with Crippen molar-refractivity contribution in [1.82, 2.24) is 10.2 Å². The molecule has 0 unspecified atom stereocenters. The van der Waals surface area contributed by atoms with Gasteiger partial charge in [-0.3, -0.25) is 19.3 Å². The van der Waals surface area contributed by atoms with Crippen molar-refractivity contribution in [3.8, 4) is 0 Å². The molecule has 1 aliphatic rings. The van der Waals surface area contributed by atoms with Crippen LogP contribution in [0.1, 0.15) is 12.0 Å². The average molecular weight is 392 g/mol. The lowest BCUT2D eigenvalue weighted by molar-refractivity contribution is -0.308. The Balaban J connectivity index is 2.05. The van der Waals surface area contributed by atoms with Crippen molar-refractivity contribution < 1.29 is 24.3 Å². The fraction of sp³-hybridized carbons (Fsp3) is 0.188. The van der Waals surface area contributed by atoms with E-state index >= 15 is 0 Å². The Kier molecular flexibility index (Phi) is 6.47. The fourth-order valence-corrected chi connectivity index (χ4v) is 3.37. The Bertz CT molecular complexity index is 794. The SMILES string of the molecule is NC(=O)C[C@H](NC(=O)CN1C(=O)/C(=C/c2ccccc2)SC1=S)C(=O)[O-]. The number of carbonyl (C=O) groups excluding carboxylic acids is 4. The van der Waals surface area contributed by atoms with Crippen LogP contribution in [0, 0.1) is 0 Å². The number of rotatable bonds is 7. The molecule has 0 aromatic heterocycles. The second-order valence-corrected chi connectivity index (χ2v) is 6.96. The summed E-state index contributed by atoms with van der Waals surface area (Å²) >= 11 is 6.15. The Morgan fingerprint density at radius 3 is 2.54 bits per heavy atom. The number of carboxylic acids is 1. The van der Waals surface area contributed by atoms with Crippen LogP contribution < -0.4 is 16.2 Å². The lowest BCUT2D eigenvalue weighted by atomic mass is 10.2. The first kappa shape index (κ1) is 19.6. The van der Waals surface area contributed by atoms with Gasteiger partial charge in [-0.05, 0) is 11.6 Å². The highest BCUT2D eigenvalue weighted by molar-refractivity contribution is 8.26. The fourth-order valence-electron chi connectivity index (χ4n) is 2.11. The van der Waals surface area contributed by atoms with Gasteiger partial charge in [-0.1, -0.05) is 54.3 Å². The number of nitrogens with two attached hydrogens (primary N) is 1. The number of aliphatic carboxylic acids is 1. The molecule has 0 radical (unpaired) electrons. The molecule has 0 saturated carbocycles. The van der Waals surface area contributed by atoms with Gasteiger partial charge in [0, 0.05) is 0 Å². The summed E-state index contributed by atoms with van der Waals surface area (Å²) in [4.78, 5) is 47.6. The van der Waals surface area contributed by atoms with E-state index in [0.717, 1.165) is 22.2 Å². The first-order valence-corrected chi connectivity index (χ1v) is 8.59. The summed E-state index contributed by atoms with van der Waals surface area (Å²) in [6.07, 6.45) is 1.04. The summed E-state index contributed by atoms with van der Waals surface area (Å²) in [7, 11) is 0. The number of amides is 3. The van der Waals surface area contributed by atoms with Crippen LogP contribution in [0.5, 0.6) is 0 Å². The van der Waals surface area contributed by atoms with E-state index in [4.69, 9.17) is 18.0 Å². The van der Waals surface area contributed by atoms with E-state index in [2.05, 4.69) is 5.32 Å². The quantitative estimate of drug-likeness (QED) is 0.449. The zero-order valence-corrected chi connectivity index (χ0v) is 15.0. The van der Waals surface area contributed by atoms with E-state index in [-0.39, 0.29) is 4.32 Å². The molecule has 1 aromatic carbocycles. The molecule has 3 amide bonds. The van der Waals surface area contributed by atoms with Crippen LogP contribution >= 0.6 is 24.0 Å². The summed E-state index contributed by atoms with van der Waals surface area (Å²) in [5, 5.41) is 13.0. The Hall–Kier alpha value is -2.72. The van der Waals surface area contributed by atoms with Crippen molar-refractivity contribution in [2.75, 3.05) is 6.54 Å². The molecule has 1 fully saturated rings. The molecule has 1 atom stereocenters. The summed E-state index contributed by atoms with van der Waals surface area (Å²) < 4.78 is 0.173. The van der Waals surface area contributed by atoms with Gasteiger partial charge in [-0.15, -0.1) is 0 Å². The summed E-state index contributed by atoms with van der Waals surface area (Å²) in [5.41, 5.74) is 5.73. The van der Waals surface area contributed by atoms with Gasteiger partial charge >= 0.3 is 0 Å². The zero-order valence-electron chi connectivity index (χ0n) is 13.3. The molecule has 0 spiro atoms. The normalized spacial score (nSPS) is 16.6. The Morgan fingerprint density at radius 1 is 1.31 bits per heavy atom. The van der Waals surface area contributed by atoms with Gasteiger partial charge < -0.3 is 21.0 Å². The maximum Gasteiger partial charge on any atom is 0.266 e. The second kappa shape index (κ2) is 8.59. The van der Waals surface area contributed by atoms with Gasteiger partial charge in [0.1, 0.15) is 10.9 Å². The average Bonchev–Trinajstić information content (AvgIpc) is 2.82. The van der Waals surface area contributed by atoms with E-state index in [1.807, 2.05) is 30.3 Å². The van der Waals surface area contributed by atoms with E-state index in [1.54, 1.807) is 6.08 Å². The number of hydrogen-bond donors (Lipinski definition) is 2. The largest absolute Gasteiger partial charge is 0.548 e. The molecule has 8 nitrogen and oxygen atoms in total. The third-order valence-electron chi connectivity index (χ3n) is 3.30. The lowest BCUT2D eigenvalue weighted by Crippen LogP contribution is -2.52. The van der Waals surface area contributed by atoms with Crippen molar-refractivity contribution >= 4 is 58.1 Å². The summed E-state index contributed by atoms with van der Waals surface area (Å²) in [6, 6.07) is 7.53. The number of nitrogens with zero attached hydrogens (tertiary/aromatic N) is 1. The molecule has 0 bridgehead atoms. The third kappa shape index (κ3) is 5.14. The molecular formula is C16H14N3O5S2-. The molecule has 136 valence electrons. The summed E-state index contributed by atoms with van der Waals surface area (Å²) in [5.74, 6) is -3.81. The van der Waals surface area contributed by atoms with Crippen LogP contribution in [0.2, 0.25) is 0 Å². The van der Waals surface area contributed by atoms with E-state index in [9.17, 15) is 24.3 Å². The molecule has 0 aliphatic carbocycles. The first-order valence-electron chi connectivity index (χ1n) is 7.37.